The van der Waals surface area contributed by atoms with Crippen LogP contribution in [0.25, 0.3) is 6.08 Å². The van der Waals surface area contributed by atoms with Gasteiger partial charge in [0.25, 0.3) is 0 Å². The Morgan fingerprint density at radius 3 is 2.54 bits per heavy atom. The number of nitrogens with one attached hydrogen (secondary N) is 1. The maximum Gasteiger partial charge on any atom is 0.336 e. The summed E-state index contributed by atoms with van der Waals surface area (Å²) in [6, 6.07) is 16.4. The SMILES string of the molecule is O=C(O)C1=CNC=C(C(=O)OC/C=C/c2ccccc2)C1c1cccc(Cl)c1. The van der Waals surface area contributed by atoms with Crippen molar-refractivity contribution in [1.29, 1.82) is 0 Å². The second kappa shape index (κ2) is 9.06. The van der Waals surface area contributed by atoms with Gasteiger partial charge in [0.15, 0.2) is 0 Å². The second-order valence-corrected chi connectivity index (χ2v) is 6.51. The number of dihydropyridines is 1. The minimum Gasteiger partial charge on any atom is -0.478 e. The van der Waals surface area contributed by atoms with Gasteiger partial charge in [0.1, 0.15) is 6.61 Å². The average Bonchev–Trinajstić information content (AvgIpc) is 2.71. The fraction of sp³-hybridized carbons (Fsp3) is 0.0909. The minimum absolute atomic E-state index is 0.0385. The Labute approximate surface area is 167 Å². The lowest BCUT2D eigenvalue weighted by molar-refractivity contribution is -0.138. The van der Waals surface area contributed by atoms with E-state index in [0.717, 1.165) is 5.56 Å². The van der Waals surface area contributed by atoms with E-state index in [2.05, 4.69) is 5.32 Å². The van der Waals surface area contributed by atoms with Gasteiger partial charge in [-0.1, -0.05) is 60.1 Å². The molecule has 2 N–H and O–H groups in total. The predicted molar refractivity (Wildman–Crippen MR) is 108 cm³/mol. The molecule has 0 spiro atoms. The summed E-state index contributed by atoms with van der Waals surface area (Å²) in [6.45, 7) is 0.0689. The number of carboxylic acid groups (broad SMARTS) is 1. The monoisotopic (exact) mass is 395 g/mol. The molecule has 0 aliphatic carbocycles. The molecule has 142 valence electrons. The van der Waals surface area contributed by atoms with Crippen molar-refractivity contribution >= 4 is 29.6 Å². The van der Waals surface area contributed by atoms with E-state index >= 15 is 0 Å². The molecule has 0 aromatic heterocycles. The van der Waals surface area contributed by atoms with Gasteiger partial charge in [0.2, 0.25) is 0 Å². The Balaban J connectivity index is 1.76. The Hall–Kier alpha value is -3.31. The summed E-state index contributed by atoms with van der Waals surface area (Å²) in [5.74, 6) is -2.50. The van der Waals surface area contributed by atoms with Crippen LogP contribution in [0.4, 0.5) is 0 Å². The zero-order chi connectivity index (χ0) is 19.9. The van der Waals surface area contributed by atoms with Gasteiger partial charge < -0.3 is 15.2 Å². The number of ether oxygens (including phenoxy) is 1. The molecule has 1 unspecified atom stereocenters. The van der Waals surface area contributed by atoms with Crippen LogP contribution < -0.4 is 5.32 Å². The third kappa shape index (κ3) is 4.69. The maximum absolute atomic E-state index is 12.6. The van der Waals surface area contributed by atoms with Gasteiger partial charge in [-0.3, -0.25) is 0 Å². The van der Waals surface area contributed by atoms with Gasteiger partial charge in [-0.2, -0.15) is 0 Å². The standard InChI is InChI=1S/C22H18ClNO4/c23-17-10-4-9-16(12-17)20-18(21(25)26)13-24-14-19(20)22(27)28-11-5-8-15-6-2-1-3-7-15/h1-10,12-14,20,24H,11H2,(H,25,26)/b8-5+. The van der Waals surface area contributed by atoms with Crippen molar-refractivity contribution in [3.8, 4) is 0 Å². The van der Waals surface area contributed by atoms with Crippen LogP contribution in [0, 0.1) is 0 Å². The summed E-state index contributed by atoms with van der Waals surface area (Å²) < 4.78 is 5.33. The van der Waals surface area contributed by atoms with E-state index in [-0.39, 0.29) is 17.8 Å². The number of esters is 1. The van der Waals surface area contributed by atoms with Crippen LogP contribution in [-0.4, -0.2) is 23.7 Å². The zero-order valence-corrected chi connectivity index (χ0v) is 15.6. The van der Waals surface area contributed by atoms with Crippen molar-refractivity contribution in [3.63, 3.8) is 0 Å². The largest absolute Gasteiger partial charge is 0.478 e. The van der Waals surface area contributed by atoms with Crippen molar-refractivity contribution in [3.05, 3.63) is 100 Å². The molecule has 3 rings (SSSR count). The molecule has 1 atom stereocenters. The summed E-state index contributed by atoms with van der Waals surface area (Å²) in [5, 5.41) is 12.7. The average molecular weight is 396 g/mol. The molecule has 0 bridgehead atoms. The first-order chi connectivity index (χ1) is 13.6. The van der Waals surface area contributed by atoms with E-state index in [1.54, 1.807) is 30.3 Å². The molecule has 2 aromatic rings. The lowest BCUT2D eigenvalue weighted by Crippen LogP contribution is -2.26. The molecule has 0 fully saturated rings. The third-order valence-corrected chi connectivity index (χ3v) is 4.42. The Morgan fingerprint density at radius 2 is 1.82 bits per heavy atom. The lowest BCUT2D eigenvalue weighted by atomic mass is 9.84. The van der Waals surface area contributed by atoms with Crippen molar-refractivity contribution < 1.29 is 19.4 Å². The Morgan fingerprint density at radius 1 is 1.07 bits per heavy atom. The first-order valence-corrected chi connectivity index (χ1v) is 8.97. The van der Waals surface area contributed by atoms with Gasteiger partial charge in [0.05, 0.1) is 17.1 Å². The molecule has 1 aliphatic heterocycles. The second-order valence-electron chi connectivity index (χ2n) is 6.07. The van der Waals surface area contributed by atoms with Crippen LogP contribution in [0.3, 0.4) is 0 Å². The zero-order valence-electron chi connectivity index (χ0n) is 14.8. The van der Waals surface area contributed by atoms with Gasteiger partial charge in [-0.05, 0) is 29.3 Å². The van der Waals surface area contributed by atoms with E-state index in [9.17, 15) is 14.7 Å². The molecule has 2 aromatic carbocycles. The highest BCUT2D eigenvalue weighted by atomic mass is 35.5. The number of carbonyl (C=O) groups excluding carboxylic acids is 1. The molecule has 5 nitrogen and oxygen atoms in total. The quantitative estimate of drug-likeness (QED) is 0.719. The topological polar surface area (TPSA) is 75.6 Å². The number of benzene rings is 2. The number of rotatable bonds is 6. The predicted octanol–water partition coefficient (Wildman–Crippen LogP) is 4.14. The van der Waals surface area contributed by atoms with Crippen LogP contribution in [-0.2, 0) is 14.3 Å². The Bertz CT molecular complexity index is 964. The van der Waals surface area contributed by atoms with Crippen molar-refractivity contribution in [2.24, 2.45) is 0 Å². The molecule has 0 saturated heterocycles. The number of carbonyl (C=O) groups is 2. The molecule has 0 saturated carbocycles. The van der Waals surface area contributed by atoms with Crippen molar-refractivity contribution in [1.82, 2.24) is 5.32 Å². The van der Waals surface area contributed by atoms with Gasteiger partial charge in [-0.25, -0.2) is 9.59 Å². The Kier molecular flexibility index (Phi) is 6.29. The lowest BCUT2D eigenvalue weighted by Gasteiger charge is -2.24. The molecular weight excluding hydrogens is 378 g/mol. The number of hydrogen-bond donors (Lipinski definition) is 2. The molecule has 1 heterocycles. The summed E-state index contributed by atoms with van der Waals surface area (Å²) in [6.07, 6.45) is 6.39. The number of aliphatic carboxylic acids is 1. The first kappa shape index (κ1) is 19.5. The van der Waals surface area contributed by atoms with Crippen LogP contribution in [0.15, 0.2) is 84.2 Å². The van der Waals surface area contributed by atoms with Crippen molar-refractivity contribution in [2.75, 3.05) is 6.61 Å². The highest BCUT2D eigenvalue weighted by molar-refractivity contribution is 6.30. The summed E-state index contributed by atoms with van der Waals surface area (Å²) in [4.78, 5) is 24.3. The molecule has 0 radical (unpaired) electrons. The van der Waals surface area contributed by atoms with E-state index in [1.807, 2.05) is 36.4 Å². The molecule has 28 heavy (non-hydrogen) atoms. The van der Waals surface area contributed by atoms with E-state index in [4.69, 9.17) is 16.3 Å². The fourth-order valence-electron chi connectivity index (χ4n) is 2.92. The van der Waals surface area contributed by atoms with E-state index in [1.165, 1.54) is 12.4 Å². The third-order valence-electron chi connectivity index (χ3n) is 4.18. The van der Waals surface area contributed by atoms with Gasteiger partial charge in [-0.15, -0.1) is 0 Å². The van der Waals surface area contributed by atoms with Crippen molar-refractivity contribution in [2.45, 2.75) is 5.92 Å². The maximum atomic E-state index is 12.6. The molecular formula is C22H18ClNO4. The minimum atomic E-state index is -1.13. The highest BCUT2D eigenvalue weighted by Crippen LogP contribution is 2.35. The van der Waals surface area contributed by atoms with Crippen LogP contribution in [0.2, 0.25) is 5.02 Å². The van der Waals surface area contributed by atoms with Crippen LogP contribution in [0.5, 0.6) is 0 Å². The first-order valence-electron chi connectivity index (χ1n) is 8.60. The summed E-state index contributed by atoms with van der Waals surface area (Å²) in [7, 11) is 0. The van der Waals surface area contributed by atoms with Crippen LogP contribution >= 0.6 is 11.6 Å². The number of halogens is 1. The molecule has 0 amide bonds. The van der Waals surface area contributed by atoms with Gasteiger partial charge in [0, 0.05) is 17.4 Å². The highest BCUT2D eigenvalue weighted by Gasteiger charge is 2.33. The summed E-state index contributed by atoms with van der Waals surface area (Å²) >= 11 is 6.05. The molecule has 1 aliphatic rings. The molecule has 6 heteroatoms. The number of hydrogen-bond acceptors (Lipinski definition) is 4. The van der Waals surface area contributed by atoms with E-state index < -0.39 is 17.9 Å². The normalized spacial score (nSPS) is 16.1. The fourth-order valence-corrected chi connectivity index (χ4v) is 3.12. The summed E-state index contributed by atoms with van der Waals surface area (Å²) in [5.41, 5.74) is 1.84. The van der Waals surface area contributed by atoms with Crippen LogP contribution in [0.1, 0.15) is 17.0 Å². The van der Waals surface area contributed by atoms with E-state index in [0.29, 0.717) is 10.6 Å². The number of carboxylic acids is 1. The van der Waals surface area contributed by atoms with Gasteiger partial charge >= 0.3 is 11.9 Å². The smallest absolute Gasteiger partial charge is 0.336 e.